The van der Waals surface area contributed by atoms with Crippen molar-refractivity contribution in [2.75, 3.05) is 39.8 Å². The number of piperidine rings is 1. The molecule has 146 valence electrons. The molecule has 0 spiro atoms. The van der Waals surface area contributed by atoms with Crippen LogP contribution < -0.4 is 10.6 Å². The summed E-state index contributed by atoms with van der Waals surface area (Å²) in [6.45, 7) is 12.6. The fourth-order valence-corrected chi connectivity index (χ4v) is 4.95. The van der Waals surface area contributed by atoms with Crippen LogP contribution in [0.4, 0.5) is 0 Å². The van der Waals surface area contributed by atoms with Crippen molar-refractivity contribution in [1.29, 1.82) is 0 Å². The molecule has 3 aliphatic rings. The third-order valence-corrected chi connectivity index (χ3v) is 6.62. The van der Waals surface area contributed by atoms with E-state index >= 15 is 0 Å². The van der Waals surface area contributed by atoms with E-state index in [2.05, 4.69) is 41.3 Å². The summed E-state index contributed by atoms with van der Waals surface area (Å²) in [5, 5.41) is 7.21. The van der Waals surface area contributed by atoms with Crippen molar-refractivity contribution in [3.8, 4) is 0 Å². The molecule has 2 aliphatic heterocycles. The molecule has 3 atom stereocenters. The largest absolute Gasteiger partial charge is 0.377 e. The smallest absolute Gasteiger partial charge is 0.191 e. The van der Waals surface area contributed by atoms with Gasteiger partial charge in [-0.15, -0.1) is 24.0 Å². The number of nitrogens with one attached hydrogen (secondary N) is 2. The van der Waals surface area contributed by atoms with Gasteiger partial charge in [0, 0.05) is 37.6 Å². The summed E-state index contributed by atoms with van der Waals surface area (Å²) in [5.41, 5.74) is 0.200. The fourth-order valence-electron chi connectivity index (χ4n) is 4.95. The molecule has 0 radical (unpaired) electrons. The van der Waals surface area contributed by atoms with Crippen LogP contribution >= 0.6 is 24.0 Å². The molecule has 2 N–H and O–H groups in total. The molecule has 3 fully saturated rings. The molecule has 3 unspecified atom stereocenters. The number of guanidine groups is 1. The van der Waals surface area contributed by atoms with Crippen molar-refractivity contribution >= 4 is 29.9 Å². The minimum atomic E-state index is 0. The first-order valence-electron chi connectivity index (χ1n) is 9.87. The number of aliphatic imine (C=N–C) groups is 1. The number of rotatable bonds is 5. The zero-order chi connectivity index (χ0) is 17.2. The van der Waals surface area contributed by atoms with E-state index in [9.17, 15) is 0 Å². The maximum Gasteiger partial charge on any atom is 0.191 e. The third-order valence-electron chi connectivity index (χ3n) is 6.62. The van der Waals surface area contributed by atoms with Gasteiger partial charge in [-0.25, -0.2) is 0 Å². The molecule has 1 saturated carbocycles. The maximum absolute atomic E-state index is 5.89. The first-order chi connectivity index (χ1) is 11.6. The highest BCUT2D eigenvalue weighted by Crippen LogP contribution is 2.52. The molecule has 6 heteroatoms. The molecule has 2 heterocycles. The van der Waals surface area contributed by atoms with E-state index in [0.717, 1.165) is 25.0 Å². The Morgan fingerprint density at radius 2 is 1.96 bits per heavy atom. The van der Waals surface area contributed by atoms with Crippen LogP contribution in [0.1, 0.15) is 46.5 Å². The Labute approximate surface area is 170 Å². The zero-order valence-corrected chi connectivity index (χ0v) is 18.7. The minimum Gasteiger partial charge on any atom is -0.377 e. The van der Waals surface area contributed by atoms with Crippen molar-refractivity contribution in [3.63, 3.8) is 0 Å². The summed E-state index contributed by atoms with van der Waals surface area (Å²) in [4.78, 5) is 7.00. The van der Waals surface area contributed by atoms with Crippen LogP contribution in [0.25, 0.3) is 0 Å². The second-order valence-electron chi connectivity index (χ2n) is 8.35. The van der Waals surface area contributed by atoms with Gasteiger partial charge in [-0.3, -0.25) is 4.99 Å². The number of nitrogens with zero attached hydrogens (tertiary/aromatic N) is 2. The van der Waals surface area contributed by atoms with Gasteiger partial charge in [0.05, 0.1) is 6.10 Å². The van der Waals surface area contributed by atoms with E-state index in [-0.39, 0.29) is 29.4 Å². The highest BCUT2D eigenvalue weighted by Gasteiger charge is 2.59. The van der Waals surface area contributed by atoms with Crippen molar-refractivity contribution in [2.24, 2.45) is 22.2 Å². The molecular formula is C19H37IN4O. The van der Waals surface area contributed by atoms with E-state index in [0.29, 0.717) is 18.1 Å². The van der Waals surface area contributed by atoms with Crippen LogP contribution in [0, 0.1) is 17.3 Å². The monoisotopic (exact) mass is 464 g/mol. The molecule has 3 rings (SSSR count). The summed E-state index contributed by atoms with van der Waals surface area (Å²) in [5.74, 6) is 2.48. The van der Waals surface area contributed by atoms with Gasteiger partial charge in [0.25, 0.3) is 0 Å². The lowest BCUT2D eigenvalue weighted by Crippen LogP contribution is -2.68. The number of likely N-dealkylation sites (tertiary alicyclic amines) is 1. The standard InChI is InChI=1S/C19H36N4O.HI/c1-5-23-11-7-14(8-12-23)6-10-21-18(20-4)22-16-15-9-13-24-17(15)19(16,2)3;/h14-17H,5-13H2,1-4H3,(H2,20,21,22);1H. The van der Waals surface area contributed by atoms with E-state index in [1.807, 2.05) is 7.05 Å². The Kier molecular flexibility index (Phi) is 7.83. The zero-order valence-electron chi connectivity index (χ0n) is 16.4. The van der Waals surface area contributed by atoms with Gasteiger partial charge in [0.1, 0.15) is 0 Å². The highest BCUT2D eigenvalue weighted by molar-refractivity contribution is 14.0. The topological polar surface area (TPSA) is 48.9 Å². The van der Waals surface area contributed by atoms with Crippen LogP contribution in [0.3, 0.4) is 0 Å². The predicted octanol–water partition coefficient (Wildman–Crippen LogP) is 2.70. The number of fused-ring (bicyclic) bond motifs is 1. The van der Waals surface area contributed by atoms with Crippen molar-refractivity contribution in [1.82, 2.24) is 15.5 Å². The van der Waals surface area contributed by atoms with Gasteiger partial charge in [0.15, 0.2) is 5.96 Å². The molecule has 0 amide bonds. The first-order valence-corrected chi connectivity index (χ1v) is 9.87. The van der Waals surface area contributed by atoms with Crippen molar-refractivity contribution < 1.29 is 4.74 Å². The number of halogens is 1. The average molecular weight is 464 g/mol. The maximum atomic E-state index is 5.89. The quantitative estimate of drug-likeness (QED) is 0.373. The Hall–Kier alpha value is -0.0800. The highest BCUT2D eigenvalue weighted by atomic mass is 127. The van der Waals surface area contributed by atoms with E-state index in [4.69, 9.17) is 4.74 Å². The van der Waals surface area contributed by atoms with Gasteiger partial charge in [-0.2, -0.15) is 0 Å². The van der Waals surface area contributed by atoms with Crippen LogP contribution in [-0.2, 0) is 4.74 Å². The lowest BCUT2D eigenvalue weighted by molar-refractivity contribution is -0.106. The van der Waals surface area contributed by atoms with Crippen LogP contribution in [0.2, 0.25) is 0 Å². The molecule has 2 saturated heterocycles. The molecule has 5 nitrogen and oxygen atoms in total. The second kappa shape index (κ2) is 9.22. The van der Waals surface area contributed by atoms with Gasteiger partial charge in [-0.05, 0) is 51.2 Å². The van der Waals surface area contributed by atoms with Crippen LogP contribution in [-0.4, -0.2) is 62.8 Å². The van der Waals surface area contributed by atoms with Crippen molar-refractivity contribution in [2.45, 2.75) is 58.6 Å². The third kappa shape index (κ3) is 4.61. The summed E-state index contributed by atoms with van der Waals surface area (Å²) in [6, 6.07) is 0.476. The Bertz CT molecular complexity index is 449. The molecule has 25 heavy (non-hydrogen) atoms. The molecule has 1 aliphatic carbocycles. The van der Waals surface area contributed by atoms with E-state index in [1.54, 1.807) is 0 Å². The van der Waals surface area contributed by atoms with Crippen LogP contribution in [0.5, 0.6) is 0 Å². The van der Waals surface area contributed by atoms with E-state index in [1.165, 1.54) is 45.3 Å². The lowest BCUT2D eigenvalue weighted by Gasteiger charge is -2.54. The fraction of sp³-hybridized carbons (Fsp3) is 0.947. The van der Waals surface area contributed by atoms with Crippen LogP contribution in [0.15, 0.2) is 4.99 Å². The summed E-state index contributed by atoms with van der Waals surface area (Å²) in [7, 11) is 1.88. The Morgan fingerprint density at radius 3 is 2.60 bits per heavy atom. The second-order valence-corrected chi connectivity index (χ2v) is 8.35. The predicted molar refractivity (Wildman–Crippen MR) is 115 cm³/mol. The first kappa shape index (κ1) is 21.2. The summed E-state index contributed by atoms with van der Waals surface area (Å²) in [6.07, 6.45) is 5.55. The molecule has 0 aromatic carbocycles. The molecular weight excluding hydrogens is 427 g/mol. The number of hydrogen-bond donors (Lipinski definition) is 2. The molecule has 0 aromatic heterocycles. The summed E-state index contributed by atoms with van der Waals surface area (Å²) >= 11 is 0. The van der Waals surface area contributed by atoms with E-state index < -0.39 is 0 Å². The Balaban J connectivity index is 0.00000225. The normalized spacial score (nSPS) is 32.5. The van der Waals surface area contributed by atoms with Gasteiger partial charge < -0.3 is 20.3 Å². The molecule has 0 aromatic rings. The molecule has 0 bridgehead atoms. The summed E-state index contributed by atoms with van der Waals surface area (Å²) < 4.78 is 5.89. The van der Waals surface area contributed by atoms with Gasteiger partial charge >= 0.3 is 0 Å². The number of hydrogen-bond acceptors (Lipinski definition) is 3. The van der Waals surface area contributed by atoms with Gasteiger partial charge in [-0.1, -0.05) is 20.8 Å². The van der Waals surface area contributed by atoms with Crippen molar-refractivity contribution in [3.05, 3.63) is 0 Å². The average Bonchev–Trinajstić information content (AvgIpc) is 3.05. The number of ether oxygens (including phenoxy) is 1. The Morgan fingerprint density at radius 1 is 1.24 bits per heavy atom. The van der Waals surface area contributed by atoms with Gasteiger partial charge in [0.2, 0.25) is 0 Å². The minimum absolute atomic E-state index is 0. The SMILES string of the molecule is CCN1CCC(CCNC(=NC)NC2C3CCOC3C2(C)C)CC1.I. The lowest BCUT2D eigenvalue weighted by atomic mass is 9.57.